The molecule has 0 saturated carbocycles. The Hall–Kier alpha value is -1.03. The molecule has 1 aliphatic rings. The first-order valence-corrected chi connectivity index (χ1v) is 4.18. The Morgan fingerprint density at radius 3 is 3.08 bits per heavy atom. The highest BCUT2D eigenvalue weighted by Crippen LogP contribution is 2.11. The lowest BCUT2D eigenvalue weighted by Gasteiger charge is -2.19. The summed E-state index contributed by atoms with van der Waals surface area (Å²) < 4.78 is 1.83. The topological polar surface area (TPSA) is 49.8 Å². The largest absolute Gasteiger partial charge is 0.310 e. The van der Waals surface area contributed by atoms with Gasteiger partial charge in [-0.1, -0.05) is 0 Å². The monoisotopic (exact) mass is 167 g/mol. The van der Waals surface area contributed by atoms with Gasteiger partial charge < -0.3 is 5.32 Å². The molecule has 1 aliphatic heterocycles. The van der Waals surface area contributed by atoms with Crippen LogP contribution >= 0.6 is 0 Å². The molecule has 2 rings (SSSR count). The summed E-state index contributed by atoms with van der Waals surface area (Å²) in [5.74, 6) is 0. The molecule has 0 fully saturated rings. The molecule has 0 aliphatic carbocycles. The van der Waals surface area contributed by atoms with Crippen molar-refractivity contribution in [2.24, 2.45) is 7.05 Å². The van der Waals surface area contributed by atoms with E-state index >= 15 is 0 Å². The van der Waals surface area contributed by atoms with Crippen LogP contribution in [0.1, 0.15) is 18.2 Å². The van der Waals surface area contributed by atoms with Gasteiger partial charge in [-0.3, -0.25) is 14.6 Å². The van der Waals surface area contributed by atoms with Gasteiger partial charge in [0.05, 0.1) is 5.56 Å². The number of nitrogens with one attached hydrogen (secondary N) is 2. The highest BCUT2D eigenvalue weighted by atomic mass is 16.1. The van der Waals surface area contributed by atoms with Crippen molar-refractivity contribution in [2.75, 3.05) is 0 Å². The third-order valence-corrected chi connectivity index (χ3v) is 2.42. The van der Waals surface area contributed by atoms with Crippen molar-refractivity contribution in [3.8, 4) is 0 Å². The van der Waals surface area contributed by atoms with E-state index in [-0.39, 0.29) is 5.56 Å². The maximum atomic E-state index is 11.3. The van der Waals surface area contributed by atoms with Crippen LogP contribution in [0.5, 0.6) is 0 Å². The molecule has 1 atom stereocenters. The van der Waals surface area contributed by atoms with E-state index in [1.54, 1.807) is 0 Å². The third-order valence-electron chi connectivity index (χ3n) is 2.42. The van der Waals surface area contributed by atoms with Crippen LogP contribution in [-0.4, -0.2) is 15.8 Å². The Morgan fingerprint density at radius 1 is 1.58 bits per heavy atom. The van der Waals surface area contributed by atoms with E-state index in [1.165, 1.54) is 0 Å². The van der Waals surface area contributed by atoms with Gasteiger partial charge in [-0.05, 0) is 6.92 Å². The van der Waals surface area contributed by atoms with Crippen LogP contribution in [0.2, 0.25) is 0 Å². The molecule has 12 heavy (non-hydrogen) atoms. The van der Waals surface area contributed by atoms with Crippen LogP contribution in [0.4, 0.5) is 0 Å². The van der Waals surface area contributed by atoms with Crippen molar-refractivity contribution in [3.05, 3.63) is 21.6 Å². The zero-order valence-corrected chi connectivity index (χ0v) is 7.35. The third kappa shape index (κ3) is 0.992. The number of rotatable bonds is 0. The minimum absolute atomic E-state index is 0.0481. The molecule has 2 heterocycles. The molecule has 1 unspecified atom stereocenters. The van der Waals surface area contributed by atoms with Gasteiger partial charge in [0.25, 0.3) is 5.56 Å². The van der Waals surface area contributed by atoms with Gasteiger partial charge >= 0.3 is 0 Å². The summed E-state index contributed by atoms with van der Waals surface area (Å²) in [5, 5.41) is 6.02. The number of hydrogen-bond acceptors (Lipinski definition) is 2. The quantitative estimate of drug-likeness (QED) is 0.559. The Bertz CT molecular complexity index is 350. The van der Waals surface area contributed by atoms with Gasteiger partial charge in [0.1, 0.15) is 0 Å². The summed E-state index contributed by atoms with van der Waals surface area (Å²) >= 11 is 0. The zero-order valence-electron chi connectivity index (χ0n) is 7.35. The summed E-state index contributed by atoms with van der Waals surface area (Å²) in [5.41, 5.74) is 2.09. The lowest BCUT2D eigenvalue weighted by molar-refractivity contribution is 0.494. The smallest absolute Gasteiger partial charge is 0.268 e. The Kier molecular flexibility index (Phi) is 1.58. The van der Waals surface area contributed by atoms with Crippen molar-refractivity contribution in [1.82, 2.24) is 15.1 Å². The lowest BCUT2D eigenvalue weighted by atomic mass is 10.0. The fourth-order valence-corrected chi connectivity index (χ4v) is 1.70. The molecule has 0 aromatic carbocycles. The van der Waals surface area contributed by atoms with E-state index in [2.05, 4.69) is 17.3 Å². The summed E-state index contributed by atoms with van der Waals surface area (Å²) in [6.45, 7) is 2.83. The van der Waals surface area contributed by atoms with Gasteiger partial charge in [0.2, 0.25) is 0 Å². The van der Waals surface area contributed by atoms with Crippen molar-refractivity contribution in [3.63, 3.8) is 0 Å². The van der Waals surface area contributed by atoms with E-state index in [9.17, 15) is 4.79 Å². The van der Waals surface area contributed by atoms with E-state index in [1.807, 2.05) is 11.7 Å². The molecule has 2 N–H and O–H groups in total. The van der Waals surface area contributed by atoms with Crippen molar-refractivity contribution in [1.29, 1.82) is 0 Å². The molecule has 4 heteroatoms. The van der Waals surface area contributed by atoms with Crippen molar-refractivity contribution >= 4 is 0 Å². The summed E-state index contributed by atoms with van der Waals surface area (Å²) in [6.07, 6.45) is 0.935. The summed E-state index contributed by atoms with van der Waals surface area (Å²) in [4.78, 5) is 11.3. The molecule has 4 nitrogen and oxygen atoms in total. The standard InChI is InChI=1S/C8H13N3O/c1-5-3-7-6(4-9-5)8(12)10-11(7)2/h5,9H,3-4H2,1-2H3,(H,10,12). The van der Waals surface area contributed by atoms with Crippen LogP contribution in [-0.2, 0) is 20.0 Å². The lowest BCUT2D eigenvalue weighted by Crippen LogP contribution is -2.34. The molecular weight excluding hydrogens is 154 g/mol. The average molecular weight is 167 g/mol. The van der Waals surface area contributed by atoms with Gasteiger partial charge in [0, 0.05) is 31.7 Å². The van der Waals surface area contributed by atoms with Crippen LogP contribution < -0.4 is 10.9 Å². The second-order valence-corrected chi connectivity index (χ2v) is 3.41. The maximum absolute atomic E-state index is 11.3. The highest BCUT2D eigenvalue weighted by molar-refractivity contribution is 5.21. The minimum atomic E-state index is 0.0481. The summed E-state index contributed by atoms with van der Waals surface area (Å²) in [7, 11) is 1.89. The number of fused-ring (bicyclic) bond motifs is 1. The molecule has 0 bridgehead atoms. The zero-order chi connectivity index (χ0) is 8.72. The number of hydrogen-bond donors (Lipinski definition) is 2. The Balaban J connectivity index is 2.52. The van der Waals surface area contributed by atoms with E-state index in [0.717, 1.165) is 17.7 Å². The number of aromatic nitrogens is 2. The second-order valence-electron chi connectivity index (χ2n) is 3.41. The number of aromatic amines is 1. The average Bonchev–Trinajstić information content (AvgIpc) is 2.28. The second kappa shape index (κ2) is 2.48. The summed E-state index contributed by atoms with van der Waals surface area (Å²) in [6, 6.07) is 0.471. The SMILES string of the molecule is CC1Cc2c(c(=O)[nH]n2C)CN1. The highest BCUT2D eigenvalue weighted by Gasteiger charge is 2.20. The van der Waals surface area contributed by atoms with Gasteiger partial charge in [-0.2, -0.15) is 0 Å². The normalized spacial score (nSPS) is 22.3. The van der Waals surface area contributed by atoms with Gasteiger partial charge in [-0.15, -0.1) is 0 Å². The van der Waals surface area contributed by atoms with Crippen LogP contribution in [0.15, 0.2) is 4.79 Å². The maximum Gasteiger partial charge on any atom is 0.268 e. The first-order chi connectivity index (χ1) is 5.68. The van der Waals surface area contributed by atoms with Crippen LogP contribution in [0.3, 0.4) is 0 Å². The first-order valence-electron chi connectivity index (χ1n) is 4.18. The predicted octanol–water partition coefficient (Wildman–Crippen LogP) is -0.252. The molecule has 0 amide bonds. The molecular formula is C8H13N3O. The van der Waals surface area contributed by atoms with E-state index < -0.39 is 0 Å². The predicted molar refractivity (Wildman–Crippen MR) is 46.0 cm³/mol. The fraction of sp³-hybridized carbons (Fsp3) is 0.625. The molecule has 1 aromatic heterocycles. The molecule has 0 radical (unpaired) electrons. The number of aryl methyl sites for hydroxylation is 1. The van der Waals surface area contributed by atoms with E-state index in [0.29, 0.717) is 12.6 Å². The molecule has 0 spiro atoms. The number of nitrogens with zero attached hydrogens (tertiary/aromatic N) is 1. The first kappa shape index (κ1) is 7.61. The van der Waals surface area contributed by atoms with Crippen LogP contribution in [0, 0.1) is 0 Å². The fourth-order valence-electron chi connectivity index (χ4n) is 1.70. The van der Waals surface area contributed by atoms with Gasteiger partial charge in [-0.25, -0.2) is 0 Å². The number of H-pyrrole nitrogens is 1. The Labute approximate surface area is 70.6 Å². The van der Waals surface area contributed by atoms with Crippen LogP contribution in [0.25, 0.3) is 0 Å². The van der Waals surface area contributed by atoms with Crippen molar-refractivity contribution < 1.29 is 0 Å². The Morgan fingerprint density at radius 2 is 2.33 bits per heavy atom. The van der Waals surface area contributed by atoms with Crippen molar-refractivity contribution in [2.45, 2.75) is 25.9 Å². The molecule has 1 aromatic rings. The minimum Gasteiger partial charge on any atom is -0.310 e. The van der Waals surface area contributed by atoms with Gasteiger partial charge in [0.15, 0.2) is 0 Å². The molecule has 0 saturated heterocycles. The molecule has 66 valence electrons. The van der Waals surface area contributed by atoms with E-state index in [4.69, 9.17) is 0 Å².